The van der Waals surface area contributed by atoms with Gasteiger partial charge in [0.25, 0.3) is 0 Å². The van der Waals surface area contributed by atoms with Gasteiger partial charge in [0.2, 0.25) is 0 Å². The summed E-state index contributed by atoms with van der Waals surface area (Å²) in [6.07, 6.45) is 1.23. The number of aryl methyl sites for hydroxylation is 1. The van der Waals surface area contributed by atoms with Crippen LogP contribution in [-0.2, 0) is 16.0 Å². The van der Waals surface area contributed by atoms with Crippen LogP contribution in [0.1, 0.15) is 25.3 Å². The lowest BCUT2D eigenvalue weighted by molar-refractivity contribution is -0.143. The third-order valence-electron chi connectivity index (χ3n) is 2.49. The molecule has 1 atom stereocenters. The standard InChI is InChI=1S/C13H16O3.ClH/c1-10(13(15)16)9-12(14)8-7-11-5-3-2-4-6-11;/h2-6,10H,7-9H2,1H3,(H,15,16);1H/t10-;/m1./s1. The molecular weight excluding hydrogens is 240 g/mol. The fourth-order valence-electron chi connectivity index (χ4n) is 1.46. The molecule has 1 rings (SSSR count). The zero-order chi connectivity index (χ0) is 12.0. The van der Waals surface area contributed by atoms with Gasteiger partial charge in [0.15, 0.2) is 0 Å². The molecule has 1 aromatic rings. The monoisotopic (exact) mass is 256 g/mol. The number of carboxylic acid groups (broad SMARTS) is 1. The molecule has 0 amide bonds. The van der Waals surface area contributed by atoms with Crippen molar-refractivity contribution >= 4 is 24.2 Å². The summed E-state index contributed by atoms with van der Waals surface area (Å²) >= 11 is 0. The van der Waals surface area contributed by atoms with E-state index >= 15 is 0 Å². The van der Waals surface area contributed by atoms with Crippen LogP contribution in [0.3, 0.4) is 0 Å². The normalized spacial score (nSPS) is 11.4. The number of ketones is 1. The van der Waals surface area contributed by atoms with E-state index in [1.807, 2.05) is 30.3 Å². The second-order valence-corrected chi connectivity index (χ2v) is 3.97. The highest BCUT2D eigenvalue weighted by molar-refractivity contribution is 5.85. The van der Waals surface area contributed by atoms with Crippen molar-refractivity contribution in [2.75, 3.05) is 0 Å². The van der Waals surface area contributed by atoms with Crippen molar-refractivity contribution in [3.05, 3.63) is 35.9 Å². The Labute approximate surface area is 107 Å². The van der Waals surface area contributed by atoms with Crippen LogP contribution in [0, 0.1) is 5.92 Å². The molecule has 4 heteroatoms. The van der Waals surface area contributed by atoms with Gasteiger partial charge in [0.1, 0.15) is 5.78 Å². The van der Waals surface area contributed by atoms with Crippen LogP contribution >= 0.6 is 12.4 Å². The largest absolute Gasteiger partial charge is 0.481 e. The first-order valence-electron chi connectivity index (χ1n) is 5.38. The molecule has 0 aliphatic rings. The number of carbonyl (C=O) groups excluding carboxylic acids is 1. The van der Waals surface area contributed by atoms with Crippen molar-refractivity contribution in [1.29, 1.82) is 0 Å². The van der Waals surface area contributed by atoms with E-state index in [2.05, 4.69) is 0 Å². The van der Waals surface area contributed by atoms with Crippen LogP contribution in [0.15, 0.2) is 30.3 Å². The summed E-state index contributed by atoms with van der Waals surface area (Å²) in [7, 11) is 0. The molecule has 3 nitrogen and oxygen atoms in total. The number of carboxylic acids is 1. The smallest absolute Gasteiger partial charge is 0.306 e. The number of aliphatic carboxylic acids is 1. The van der Waals surface area contributed by atoms with Crippen molar-refractivity contribution < 1.29 is 14.7 Å². The van der Waals surface area contributed by atoms with E-state index in [0.29, 0.717) is 12.8 Å². The highest BCUT2D eigenvalue weighted by Gasteiger charge is 2.15. The fraction of sp³-hybridized carbons (Fsp3) is 0.385. The Hall–Kier alpha value is -1.35. The highest BCUT2D eigenvalue weighted by Crippen LogP contribution is 2.08. The van der Waals surface area contributed by atoms with Crippen molar-refractivity contribution in [2.45, 2.75) is 26.2 Å². The molecule has 0 spiro atoms. The van der Waals surface area contributed by atoms with Gasteiger partial charge in [-0.05, 0) is 12.0 Å². The van der Waals surface area contributed by atoms with Crippen LogP contribution in [-0.4, -0.2) is 16.9 Å². The molecule has 0 radical (unpaired) electrons. The van der Waals surface area contributed by atoms with E-state index in [9.17, 15) is 9.59 Å². The van der Waals surface area contributed by atoms with Gasteiger partial charge in [-0.2, -0.15) is 0 Å². The number of benzene rings is 1. The maximum atomic E-state index is 11.5. The van der Waals surface area contributed by atoms with Crippen molar-refractivity contribution in [2.24, 2.45) is 5.92 Å². The minimum absolute atomic E-state index is 0. The van der Waals surface area contributed by atoms with E-state index in [1.54, 1.807) is 6.92 Å². The summed E-state index contributed by atoms with van der Waals surface area (Å²) in [5, 5.41) is 8.66. The summed E-state index contributed by atoms with van der Waals surface area (Å²) in [5.41, 5.74) is 1.11. The summed E-state index contributed by atoms with van der Waals surface area (Å²) in [5.74, 6) is -1.48. The van der Waals surface area contributed by atoms with E-state index < -0.39 is 11.9 Å². The summed E-state index contributed by atoms with van der Waals surface area (Å²) < 4.78 is 0. The molecule has 1 N–H and O–H groups in total. The average molecular weight is 257 g/mol. The zero-order valence-electron chi connectivity index (χ0n) is 9.76. The first-order valence-corrected chi connectivity index (χ1v) is 5.38. The Bertz CT molecular complexity index is 362. The van der Waals surface area contributed by atoms with E-state index in [-0.39, 0.29) is 24.6 Å². The SMILES string of the molecule is C[C@H](CC(=O)CCc1ccccc1)C(=O)O.Cl. The predicted molar refractivity (Wildman–Crippen MR) is 68.4 cm³/mol. The molecule has 0 aliphatic heterocycles. The van der Waals surface area contributed by atoms with Crippen LogP contribution in [0.2, 0.25) is 0 Å². The van der Waals surface area contributed by atoms with Crippen LogP contribution in [0.5, 0.6) is 0 Å². The molecule has 0 fully saturated rings. The molecule has 0 unspecified atom stereocenters. The van der Waals surface area contributed by atoms with E-state index in [1.165, 1.54) is 0 Å². The summed E-state index contributed by atoms with van der Waals surface area (Å²) in [6.45, 7) is 1.56. The van der Waals surface area contributed by atoms with Gasteiger partial charge in [-0.1, -0.05) is 37.3 Å². The van der Waals surface area contributed by atoms with Gasteiger partial charge in [0.05, 0.1) is 5.92 Å². The summed E-state index contributed by atoms with van der Waals surface area (Å²) in [4.78, 5) is 22.0. The number of Topliss-reactive ketones (excluding diaryl/α,β-unsaturated/α-hetero) is 1. The Balaban J connectivity index is 0.00000256. The van der Waals surface area contributed by atoms with Crippen molar-refractivity contribution in [3.63, 3.8) is 0 Å². The molecule has 0 aromatic heterocycles. The quantitative estimate of drug-likeness (QED) is 0.851. The van der Waals surface area contributed by atoms with Crippen LogP contribution < -0.4 is 0 Å². The van der Waals surface area contributed by atoms with Gasteiger partial charge in [0, 0.05) is 12.8 Å². The lowest BCUT2D eigenvalue weighted by Gasteiger charge is -2.05. The number of hydrogen-bond acceptors (Lipinski definition) is 2. The van der Waals surface area contributed by atoms with Crippen LogP contribution in [0.4, 0.5) is 0 Å². The fourth-order valence-corrected chi connectivity index (χ4v) is 1.46. The number of halogens is 1. The topological polar surface area (TPSA) is 54.4 Å². The van der Waals surface area contributed by atoms with Crippen molar-refractivity contribution in [3.8, 4) is 0 Å². The van der Waals surface area contributed by atoms with Gasteiger partial charge in [-0.3, -0.25) is 9.59 Å². The zero-order valence-corrected chi connectivity index (χ0v) is 10.6. The second kappa shape index (κ2) is 7.85. The summed E-state index contributed by atoms with van der Waals surface area (Å²) in [6, 6.07) is 9.72. The minimum atomic E-state index is -0.909. The molecule has 1 aromatic carbocycles. The third kappa shape index (κ3) is 6.07. The average Bonchev–Trinajstić information content (AvgIpc) is 2.27. The second-order valence-electron chi connectivity index (χ2n) is 3.97. The predicted octanol–water partition coefficient (Wildman–Crippen LogP) is 2.72. The van der Waals surface area contributed by atoms with Crippen molar-refractivity contribution in [1.82, 2.24) is 0 Å². The molecule has 94 valence electrons. The molecule has 0 bridgehead atoms. The molecule has 0 heterocycles. The van der Waals surface area contributed by atoms with Gasteiger partial charge in [-0.25, -0.2) is 0 Å². The Morgan fingerprint density at radius 3 is 2.35 bits per heavy atom. The first kappa shape index (κ1) is 15.7. The highest BCUT2D eigenvalue weighted by atomic mass is 35.5. The Morgan fingerprint density at radius 2 is 1.82 bits per heavy atom. The lowest BCUT2D eigenvalue weighted by atomic mass is 10.00. The van der Waals surface area contributed by atoms with E-state index in [4.69, 9.17) is 5.11 Å². The maximum Gasteiger partial charge on any atom is 0.306 e. The van der Waals surface area contributed by atoms with Gasteiger partial charge in [-0.15, -0.1) is 12.4 Å². The Kier molecular flexibility index (Phi) is 7.22. The number of hydrogen-bond donors (Lipinski definition) is 1. The Morgan fingerprint density at radius 1 is 1.24 bits per heavy atom. The molecule has 17 heavy (non-hydrogen) atoms. The van der Waals surface area contributed by atoms with E-state index in [0.717, 1.165) is 5.56 Å². The maximum absolute atomic E-state index is 11.5. The molecule has 0 saturated carbocycles. The van der Waals surface area contributed by atoms with Crippen LogP contribution in [0.25, 0.3) is 0 Å². The van der Waals surface area contributed by atoms with Gasteiger partial charge >= 0.3 is 5.97 Å². The third-order valence-corrected chi connectivity index (χ3v) is 2.49. The van der Waals surface area contributed by atoms with Gasteiger partial charge < -0.3 is 5.11 Å². The first-order chi connectivity index (χ1) is 7.59. The number of carbonyl (C=O) groups is 2. The molecular formula is C13H17ClO3. The minimum Gasteiger partial charge on any atom is -0.481 e. The number of rotatable bonds is 6. The lowest BCUT2D eigenvalue weighted by Crippen LogP contribution is -2.14. The molecule has 0 saturated heterocycles. The molecule has 0 aliphatic carbocycles.